The Kier molecular flexibility index (Phi) is 3.09. The maximum absolute atomic E-state index is 11.8. The molecule has 5 heteroatoms. The summed E-state index contributed by atoms with van der Waals surface area (Å²) in [5, 5.41) is 2.70. The van der Waals surface area contributed by atoms with Gasteiger partial charge in [0.2, 0.25) is 0 Å². The van der Waals surface area contributed by atoms with E-state index in [1.54, 1.807) is 26.2 Å². The van der Waals surface area contributed by atoms with Crippen molar-refractivity contribution < 1.29 is 13.9 Å². The van der Waals surface area contributed by atoms with Crippen LogP contribution in [0.2, 0.25) is 0 Å². The Balaban J connectivity index is 2.18. The first-order valence-corrected chi connectivity index (χ1v) is 5.07. The summed E-state index contributed by atoms with van der Waals surface area (Å²) in [4.78, 5) is 15.7. The predicted octanol–water partition coefficient (Wildman–Crippen LogP) is 2.24. The van der Waals surface area contributed by atoms with Gasteiger partial charge in [-0.2, -0.15) is 0 Å². The van der Waals surface area contributed by atoms with Crippen molar-refractivity contribution in [2.75, 3.05) is 12.4 Å². The molecule has 5 nitrogen and oxygen atoms in total. The summed E-state index contributed by atoms with van der Waals surface area (Å²) < 4.78 is 10.1. The van der Waals surface area contributed by atoms with E-state index in [9.17, 15) is 4.79 Å². The van der Waals surface area contributed by atoms with Crippen LogP contribution in [-0.2, 0) is 0 Å². The summed E-state index contributed by atoms with van der Waals surface area (Å²) in [7, 11) is 1.55. The number of aryl methyl sites for hydroxylation is 1. The van der Waals surface area contributed by atoms with Crippen molar-refractivity contribution in [3.05, 3.63) is 42.1 Å². The van der Waals surface area contributed by atoms with Gasteiger partial charge in [0, 0.05) is 6.92 Å². The molecular formula is C12H12N2O3. The second-order valence-electron chi connectivity index (χ2n) is 3.41. The Morgan fingerprint density at radius 2 is 2.18 bits per heavy atom. The highest BCUT2D eigenvalue weighted by Gasteiger charge is 2.12. The number of methoxy groups -OCH3 is 1. The zero-order chi connectivity index (χ0) is 12.3. The normalized spacial score (nSPS) is 10.0. The van der Waals surface area contributed by atoms with E-state index in [1.165, 1.54) is 6.26 Å². The van der Waals surface area contributed by atoms with Crippen molar-refractivity contribution in [1.29, 1.82) is 0 Å². The highest BCUT2D eigenvalue weighted by atomic mass is 16.5. The summed E-state index contributed by atoms with van der Waals surface area (Å²) in [6.45, 7) is 1.68. The van der Waals surface area contributed by atoms with E-state index >= 15 is 0 Å². The van der Waals surface area contributed by atoms with Gasteiger partial charge in [-0.3, -0.25) is 4.79 Å². The van der Waals surface area contributed by atoms with Crippen molar-refractivity contribution in [3.63, 3.8) is 0 Å². The summed E-state index contributed by atoms with van der Waals surface area (Å²) >= 11 is 0. The third-order valence-electron chi connectivity index (χ3n) is 2.21. The van der Waals surface area contributed by atoms with Crippen molar-refractivity contribution in [2.24, 2.45) is 0 Å². The molecule has 17 heavy (non-hydrogen) atoms. The Labute approximate surface area is 98.4 Å². The molecule has 1 heterocycles. The number of hydrogen-bond donors (Lipinski definition) is 1. The lowest BCUT2D eigenvalue weighted by Crippen LogP contribution is -2.13. The fourth-order valence-corrected chi connectivity index (χ4v) is 1.40. The first-order chi connectivity index (χ1) is 8.20. The van der Waals surface area contributed by atoms with Gasteiger partial charge in [0.25, 0.3) is 5.91 Å². The Bertz CT molecular complexity index is 534. The van der Waals surface area contributed by atoms with E-state index in [1.807, 2.05) is 12.1 Å². The van der Waals surface area contributed by atoms with Crippen LogP contribution in [0.1, 0.15) is 16.4 Å². The summed E-state index contributed by atoms with van der Waals surface area (Å²) in [6, 6.07) is 7.16. The molecule has 0 aliphatic carbocycles. The maximum atomic E-state index is 11.8. The number of rotatable bonds is 3. The van der Waals surface area contributed by atoms with Crippen LogP contribution in [0.15, 0.2) is 34.9 Å². The van der Waals surface area contributed by atoms with E-state index < -0.39 is 0 Å². The minimum Gasteiger partial charge on any atom is -0.495 e. The molecule has 2 rings (SSSR count). The predicted molar refractivity (Wildman–Crippen MR) is 62.2 cm³/mol. The molecule has 1 aromatic heterocycles. The lowest BCUT2D eigenvalue weighted by atomic mass is 10.3. The monoisotopic (exact) mass is 232 g/mol. The van der Waals surface area contributed by atoms with Crippen LogP contribution in [0, 0.1) is 6.92 Å². The fraction of sp³-hybridized carbons (Fsp3) is 0.167. The largest absolute Gasteiger partial charge is 0.495 e. The van der Waals surface area contributed by atoms with Gasteiger partial charge >= 0.3 is 0 Å². The first-order valence-electron chi connectivity index (χ1n) is 5.07. The number of carbonyl (C=O) groups is 1. The van der Waals surface area contributed by atoms with E-state index in [2.05, 4.69) is 10.3 Å². The highest BCUT2D eigenvalue weighted by Crippen LogP contribution is 2.23. The molecule has 0 radical (unpaired) electrons. The van der Waals surface area contributed by atoms with E-state index in [0.29, 0.717) is 17.3 Å². The SMILES string of the molecule is COc1ccccc1NC(=O)c1coc(C)n1. The van der Waals surface area contributed by atoms with Crippen molar-refractivity contribution in [2.45, 2.75) is 6.92 Å². The average molecular weight is 232 g/mol. The highest BCUT2D eigenvalue weighted by molar-refractivity contribution is 6.03. The molecule has 0 bridgehead atoms. The summed E-state index contributed by atoms with van der Waals surface area (Å²) in [6.07, 6.45) is 1.32. The lowest BCUT2D eigenvalue weighted by molar-refractivity contribution is 0.102. The number of anilines is 1. The number of benzene rings is 1. The minimum absolute atomic E-state index is 0.244. The number of hydrogen-bond acceptors (Lipinski definition) is 4. The number of carbonyl (C=O) groups excluding carboxylic acids is 1. The molecule has 0 unspecified atom stereocenters. The third-order valence-corrected chi connectivity index (χ3v) is 2.21. The van der Waals surface area contributed by atoms with Gasteiger partial charge in [0.15, 0.2) is 11.6 Å². The van der Waals surface area contributed by atoms with Gasteiger partial charge in [-0.15, -0.1) is 0 Å². The zero-order valence-electron chi connectivity index (χ0n) is 9.56. The minimum atomic E-state index is -0.327. The second-order valence-corrected chi connectivity index (χ2v) is 3.41. The summed E-state index contributed by atoms with van der Waals surface area (Å²) in [5.41, 5.74) is 0.842. The van der Waals surface area contributed by atoms with Crippen LogP contribution >= 0.6 is 0 Å². The number of ether oxygens (including phenoxy) is 1. The van der Waals surface area contributed by atoms with Crippen molar-refractivity contribution >= 4 is 11.6 Å². The van der Waals surface area contributed by atoms with Crippen LogP contribution in [0.5, 0.6) is 5.75 Å². The number of nitrogens with zero attached hydrogens (tertiary/aromatic N) is 1. The quantitative estimate of drug-likeness (QED) is 0.881. The smallest absolute Gasteiger partial charge is 0.277 e. The molecular weight excluding hydrogens is 220 g/mol. The van der Waals surface area contributed by atoms with E-state index in [-0.39, 0.29) is 11.6 Å². The van der Waals surface area contributed by atoms with Gasteiger partial charge in [-0.1, -0.05) is 12.1 Å². The molecule has 88 valence electrons. The second kappa shape index (κ2) is 4.69. The number of nitrogens with one attached hydrogen (secondary N) is 1. The molecule has 1 N–H and O–H groups in total. The van der Waals surface area contributed by atoms with Gasteiger partial charge in [0.05, 0.1) is 12.8 Å². The molecule has 0 saturated heterocycles. The van der Waals surface area contributed by atoms with Crippen LogP contribution in [0.3, 0.4) is 0 Å². The molecule has 2 aromatic rings. The first kappa shape index (κ1) is 11.2. The van der Waals surface area contributed by atoms with Crippen molar-refractivity contribution in [1.82, 2.24) is 4.98 Å². The van der Waals surface area contributed by atoms with E-state index in [0.717, 1.165) is 0 Å². The van der Waals surface area contributed by atoms with Gasteiger partial charge < -0.3 is 14.5 Å². The lowest BCUT2D eigenvalue weighted by Gasteiger charge is -2.08. The van der Waals surface area contributed by atoms with Crippen LogP contribution in [0.4, 0.5) is 5.69 Å². The molecule has 0 fully saturated rings. The third kappa shape index (κ3) is 2.44. The fourth-order valence-electron chi connectivity index (χ4n) is 1.40. The molecule has 0 atom stereocenters. The van der Waals surface area contributed by atoms with Crippen LogP contribution in [0.25, 0.3) is 0 Å². The molecule has 0 aliphatic rings. The molecule has 0 saturated carbocycles. The van der Waals surface area contributed by atoms with Gasteiger partial charge in [0.1, 0.15) is 12.0 Å². The molecule has 0 spiro atoms. The van der Waals surface area contributed by atoms with Crippen LogP contribution < -0.4 is 10.1 Å². The molecule has 0 aliphatic heterocycles. The number of para-hydroxylation sites is 2. The summed E-state index contributed by atoms with van der Waals surface area (Å²) in [5.74, 6) is 0.725. The maximum Gasteiger partial charge on any atom is 0.277 e. The number of amides is 1. The topological polar surface area (TPSA) is 64.4 Å². The zero-order valence-corrected chi connectivity index (χ0v) is 9.56. The average Bonchev–Trinajstić information content (AvgIpc) is 2.77. The Morgan fingerprint density at radius 1 is 1.41 bits per heavy atom. The Morgan fingerprint density at radius 3 is 2.82 bits per heavy atom. The van der Waals surface area contributed by atoms with Gasteiger partial charge in [-0.05, 0) is 12.1 Å². The standard InChI is InChI=1S/C12H12N2O3/c1-8-13-10(7-17-8)12(15)14-9-5-3-4-6-11(9)16-2/h3-7H,1-2H3,(H,14,15). The number of oxazole rings is 1. The van der Waals surface area contributed by atoms with Crippen LogP contribution in [-0.4, -0.2) is 18.0 Å². The van der Waals surface area contributed by atoms with Crippen molar-refractivity contribution in [3.8, 4) is 5.75 Å². The van der Waals surface area contributed by atoms with Gasteiger partial charge in [-0.25, -0.2) is 4.98 Å². The molecule has 1 aromatic carbocycles. The molecule has 1 amide bonds. The Hall–Kier alpha value is -2.30. The number of aromatic nitrogens is 1. The van der Waals surface area contributed by atoms with E-state index in [4.69, 9.17) is 9.15 Å².